The van der Waals surface area contributed by atoms with Crippen molar-refractivity contribution >= 4 is 33.7 Å². The molecule has 0 unspecified atom stereocenters. The van der Waals surface area contributed by atoms with E-state index < -0.39 is 0 Å². The van der Waals surface area contributed by atoms with Crippen molar-refractivity contribution in [3.63, 3.8) is 0 Å². The monoisotopic (exact) mass is 282 g/mol. The number of halogens is 1. The van der Waals surface area contributed by atoms with E-state index in [1.54, 1.807) is 30.3 Å². The first-order valence-corrected chi connectivity index (χ1v) is 6.50. The van der Waals surface area contributed by atoms with E-state index in [9.17, 15) is 5.11 Å². The fourth-order valence-corrected chi connectivity index (χ4v) is 2.09. The average molecular weight is 283 g/mol. The second-order valence-electron chi connectivity index (χ2n) is 4.33. The van der Waals surface area contributed by atoms with Gasteiger partial charge in [-0.2, -0.15) is 5.11 Å². The Balaban J connectivity index is 2.06. The molecule has 0 aliphatic carbocycles. The molecule has 20 heavy (non-hydrogen) atoms. The minimum Gasteiger partial charge on any atom is -0.506 e. The van der Waals surface area contributed by atoms with Crippen molar-refractivity contribution in [1.82, 2.24) is 0 Å². The molecule has 1 N–H and O–H groups in total. The molecule has 3 nitrogen and oxygen atoms in total. The lowest BCUT2D eigenvalue weighted by molar-refractivity contribution is 0.477. The van der Waals surface area contributed by atoms with Crippen molar-refractivity contribution in [3.8, 4) is 5.75 Å². The van der Waals surface area contributed by atoms with Crippen LogP contribution in [0.5, 0.6) is 5.75 Å². The Kier molecular flexibility index (Phi) is 3.35. The quantitative estimate of drug-likeness (QED) is 0.610. The molecule has 3 rings (SSSR count). The van der Waals surface area contributed by atoms with Gasteiger partial charge in [0.25, 0.3) is 0 Å². The summed E-state index contributed by atoms with van der Waals surface area (Å²) in [7, 11) is 0. The Labute approximate surface area is 121 Å². The van der Waals surface area contributed by atoms with Crippen molar-refractivity contribution in [2.75, 3.05) is 0 Å². The van der Waals surface area contributed by atoms with E-state index in [4.69, 9.17) is 11.6 Å². The van der Waals surface area contributed by atoms with E-state index >= 15 is 0 Å². The first kappa shape index (κ1) is 12.6. The number of azo groups is 1. The van der Waals surface area contributed by atoms with Gasteiger partial charge in [-0.25, -0.2) is 0 Å². The van der Waals surface area contributed by atoms with Gasteiger partial charge in [0.15, 0.2) is 0 Å². The number of hydrogen-bond acceptors (Lipinski definition) is 3. The summed E-state index contributed by atoms with van der Waals surface area (Å²) in [6.07, 6.45) is 0. The van der Waals surface area contributed by atoms with E-state index in [1.165, 1.54) is 0 Å². The molecule has 98 valence electrons. The van der Waals surface area contributed by atoms with Crippen molar-refractivity contribution in [2.45, 2.75) is 0 Å². The number of rotatable bonds is 2. The molecule has 0 aromatic heterocycles. The summed E-state index contributed by atoms with van der Waals surface area (Å²) in [5, 5.41) is 20.8. The molecule has 3 aromatic rings. The molecular weight excluding hydrogens is 272 g/mol. The number of hydrogen-bond donors (Lipinski definition) is 1. The van der Waals surface area contributed by atoms with E-state index in [2.05, 4.69) is 10.2 Å². The number of nitrogens with zero attached hydrogens (tertiary/aromatic N) is 2. The highest BCUT2D eigenvalue weighted by Crippen LogP contribution is 2.35. The Bertz CT molecular complexity index is 782. The van der Waals surface area contributed by atoms with Crippen LogP contribution in [0.3, 0.4) is 0 Å². The first-order valence-electron chi connectivity index (χ1n) is 6.12. The van der Waals surface area contributed by atoms with Gasteiger partial charge in [-0.3, -0.25) is 0 Å². The summed E-state index contributed by atoms with van der Waals surface area (Å²) < 4.78 is 0. The third-order valence-electron chi connectivity index (χ3n) is 2.97. The molecular formula is C16H11ClN2O. The van der Waals surface area contributed by atoms with E-state index in [-0.39, 0.29) is 5.75 Å². The van der Waals surface area contributed by atoms with Crippen LogP contribution < -0.4 is 0 Å². The van der Waals surface area contributed by atoms with Crippen LogP contribution in [0, 0.1) is 0 Å². The van der Waals surface area contributed by atoms with Gasteiger partial charge in [-0.15, -0.1) is 5.11 Å². The predicted molar refractivity (Wildman–Crippen MR) is 81.2 cm³/mol. The molecule has 4 heteroatoms. The number of phenolic OH excluding ortho intramolecular Hbond substituents is 1. The summed E-state index contributed by atoms with van der Waals surface area (Å²) in [6.45, 7) is 0. The van der Waals surface area contributed by atoms with Crippen LogP contribution in [0.1, 0.15) is 0 Å². The van der Waals surface area contributed by atoms with Crippen LogP contribution in [-0.2, 0) is 0 Å². The largest absolute Gasteiger partial charge is 0.506 e. The molecule has 0 aliphatic rings. The smallest absolute Gasteiger partial charge is 0.143 e. The highest BCUT2D eigenvalue weighted by Gasteiger charge is 2.05. The molecule has 0 radical (unpaired) electrons. The molecule has 0 saturated carbocycles. The third kappa shape index (κ3) is 2.49. The molecule has 0 atom stereocenters. The summed E-state index contributed by atoms with van der Waals surface area (Å²) in [6, 6.07) is 18.2. The second-order valence-corrected chi connectivity index (χ2v) is 4.77. The maximum atomic E-state index is 9.96. The first-order chi connectivity index (χ1) is 9.74. The second kappa shape index (κ2) is 5.31. The SMILES string of the molecule is Oc1ccc2ccccc2c1/N=N/c1ccc(Cl)cc1. The fourth-order valence-electron chi connectivity index (χ4n) is 1.96. The highest BCUT2D eigenvalue weighted by molar-refractivity contribution is 6.30. The average Bonchev–Trinajstić information content (AvgIpc) is 2.48. The van der Waals surface area contributed by atoms with Gasteiger partial charge in [-0.1, -0.05) is 41.9 Å². The Hall–Kier alpha value is -2.39. The van der Waals surface area contributed by atoms with Crippen LogP contribution in [0.15, 0.2) is 70.9 Å². The van der Waals surface area contributed by atoms with E-state index in [1.807, 2.05) is 30.3 Å². The lowest BCUT2D eigenvalue weighted by atomic mass is 10.1. The molecule has 0 saturated heterocycles. The number of aromatic hydroxyl groups is 1. The molecule has 3 aromatic carbocycles. The summed E-state index contributed by atoms with van der Waals surface area (Å²) in [5.41, 5.74) is 1.15. The molecule has 0 fully saturated rings. The molecule has 0 amide bonds. The van der Waals surface area contributed by atoms with Crippen LogP contribution in [0.2, 0.25) is 5.02 Å². The maximum Gasteiger partial charge on any atom is 0.143 e. The van der Waals surface area contributed by atoms with Crippen LogP contribution in [0.25, 0.3) is 10.8 Å². The van der Waals surface area contributed by atoms with Gasteiger partial charge in [0.2, 0.25) is 0 Å². The van der Waals surface area contributed by atoms with Crippen molar-refractivity contribution in [3.05, 3.63) is 65.7 Å². The van der Waals surface area contributed by atoms with Gasteiger partial charge < -0.3 is 5.11 Å². The lowest BCUT2D eigenvalue weighted by Crippen LogP contribution is -1.74. The van der Waals surface area contributed by atoms with Gasteiger partial charge in [0.05, 0.1) is 5.69 Å². The minimum absolute atomic E-state index is 0.112. The van der Waals surface area contributed by atoms with Crippen molar-refractivity contribution in [1.29, 1.82) is 0 Å². The number of benzene rings is 3. The molecule has 0 heterocycles. The molecule has 0 aliphatic heterocycles. The molecule has 0 spiro atoms. The number of phenols is 1. The van der Waals surface area contributed by atoms with Crippen LogP contribution >= 0.6 is 11.6 Å². The fraction of sp³-hybridized carbons (Fsp3) is 0. The van der Waals surface area contributed by atoms with Crippen molar-refractivity contribution in [2.24, 2.45) is 10.2 Å². The lowest BCUT2D eigenvalue weighted by Gasteiger charge is -2.03. The Morgan fingerprint density at radius 3 is 2.35 bits per heavy atom. The van der Waals surface area contributed by atoms with Crippen LogP contribution in [-0.4, -0.2) is 5.11 Å². The molecule has 0 bridgehead atoms. The highest BCUT2D eigenvalue weighted by atomic mass is 35.5. The van der Waals surface area contributed by atoms with Crippen LogP contribution in [0.4, 0.5) is 11.4 Å². The summed E-state index contributed by atoms with van der Waals surface area (Å²) in [5.74, 6) is 0.112. The van der Waals surface area contributed by atoms with Gasteiger partial charge in [0.1, 0.15) is 11.4 Å². The zero-order valence-corrected chi connectivity index (χ0v) is 11.2. The zero-order chi connectivity index (χ0) is 13.9. The Morgan fingerprint density at radius 1 is 0.800 bits per heavy atom. The van der Waals surface area contributed by atoms with Gasteiger partial charge in [0, 0.05) is 10.4 Å². The minimum atomic E-state index is 0.112. The normalized spacial score (nSPS) is 11.2. The topological polar surface area (TPSA) is 45.0 Å². The van der Waals surface area contributed by atoms with Gasteiger partial charge >= 0.3 is 0 Å². The third-order valence-corrected chi connectivity index (χ3v) is 3.22. The zero-order valence-electron chi connectivity index (χ0n) is 10.5. The van der Waals surface area contributed by atoms with Crippen molar-refractivity contribution < 1.29 is 5.11 Å². The Morgan fingerprint density at radius 2 is 1.55 bits per heavy atom. The summed E-state index contributed by atoms with van der Waals surface area (Å²) in [4.78, 5) is 0. The maximum absolute atomic E-state index is 9.96. The van der Waals surface area contributed by atoms with Gasteiger partial charge in [-0.05, 0) is 35.7 Å². The van der Waals surface area contributed by atoms with E-state index in [0.717, 1.165) is 10.8 Å². The van der Waals surface area contributed by atoms with E-state index in [0.29, 0.717) is 16.4 Å². The number of fused-ring (bicyclic) bond motifs is 1. The standard InChI is InChI=1S/C16H11ClN2O/c17-12-6-8-13(9-7-12)18-19-16-14-4-2-1-3-11(14)5-10-15(16)20/h1-10,20H/b19-18+. The summed E-state index contributed by atoms with van der Waals surface area (Å²) >= 11 is 5.82. The predicted octanol–water partition coefficient (Wildman–Crippen LogP) is 5.61.